The highest BCUT2D eigenvalue weighted by molar-refractivity contribution is 14.1. The van der Waals surface area contributed by atoms with Crippen LogP contribution in [0.15, 0.2) is 229 Å². The van der Waals surface area contributed by atoms with E-state index in [-0.39, 0.29) is 73.6 Å². The largest absolute Gasteiger partial charge is 0.399 e. The number of carbonyl (C=O) groups is 2. The summed E-state index contributed by atoms with van der Waals surface area (Å²) in [7, 11) is 0. The van der Waals surface area contributed by atoms with Crippen LogP contribution in [-0.2, 0) is 32.0 Å². The maximum Gasteiger partial charge on any atom is 0.270 e. The number of halogens is 6. The van der Waals surface area contributed by atoms with E-state index in [0.29, 0.717) is 48.9 Å². The molecule has 4 atom stereocenters. The Balaban J connectivity index is 0.000000127. The zero-order chi connectivity index (χ0) is 97.6. The van der Waals surface area contributed by atoms with Crippen LogP contribution in [0, 0.1) is 68.5 Å². The molecule has 39 heteroatoms. The Hall–Kier alpha value is -14.4. The monoisotopic (exact) mass is 2130 g/mol. The summed E-state index contributed by atoms with van der Waals surface area (Å²) in [5.41, 5.74) is 20.7. The number of nitro benzene ring substituents is 4. The predicted octanol–water partition coefficient (Wildman–Crippen LogP) is 23.5. The molecule has 4 unspecified atom stereocenters. The highest BCUT2D eigenvalue weighted by Gasteiger charge is 2.28. The molecule has 4 saturated heterocycles. The number of nitrogen functional groups attached to an aromatic ring is 1. The number of aryl methyl sites for hydroxylation is 1. The number of pyridine rings is 3. The summed E-state index contributed by atoms with van der Waals surface area (Å²) in [6.45, 7) is 5.92. The van der Waals surface area contributed by atoms with E-state index in [1.807, 2.05) is 134 Å². The second-order valence-corrected chi connectivity index (χ2v) is 34.8. The van der Waals surface area contributed by atoms with E-state index in [9.17, 15) is 63.2 Å². The average Bonchev–Trinajstić information content (AvgIpc) is 1.65. The molecule has 13 heterocycles. The third kappa shape index (κ3) is 25.9. The maximum atomic E-state index is 13.5. The lowest BCUT2D eigenvalue weighted by atomic mass is 10.1. The van der Waals surface area contributed by atoms with Gasteiger partial charge in [0.15, 0.2) is 24.9 Å². The lowest BCUT2D eigenvalue weighted by Crippen LogP contribution is -2.19. The first-order valence-electron chi connectivity index (χ1n) is 44.3. The van der Waals surface area contributed by atoms with Crippen LogP contribution in [-0.4, -0.2) is 121 Å². The van der Waals surface area contributed by atoms with Crippen molar-refractivity contribution in [3.8, 4) is 0 Å². The molecule has 0 aliphatic carbocycles. The van der Waals surface area contributed by atoms with E-state index in [1.165, 1.54) is 36.8 Å². The zero-order valence-electron chi connectivity index (χ0n) is 74.5. The number of anilines is 2. The first-order chi connectivity index (χ1) is 67.3. The molecule has 6 aliphatic rings. The molecule has 1 amide bonds. The summed E-state index contributed by atoms with van der Waals surface area (Å²) < 4.78 is 72.3. The summed E-state index contributed by atoms with van der Waals surface area (Å²) in [6, 6.07) is 54.5. The number of nitrogens with zero attached hydrogens (tertiary/aromatic N) is 17. The van der Waals surface area contributed by atoms with Gasteiger partial charge in [0.2, 0.25) is 0 Å². The van der Waals surface area contributed by atoms with Gasteiger partial charge in [-0.2, -0.15) is 20.4 Å². The number of benzene rings is 8. The first-order valence-corrected chi connectivity index (χ1v) is 46.9. The Morgan fingerprint density at radius 2 is 0.856 bits per heavy atom. The molecule has 7 aromatic heterocycles. The molecule has 21 rings (SSSR count). The molecule has 0 saturated carbocycles. The maximum absolute atomic E-state index is 13.5. The quantitative estimate of drug-likeness (QED) is 0.0281. The molecular formula is C100H89ClF3I2N19O14. The SMILES string of the molecule is Cc1cc(F)cc(C(=O)Cl)c1.Nc1ccc2c(c1)c(/C=C/c1ccccn1)nn2C1CCCCO1.O=C(Nc1ccc2c(c1)c(/C=C/c1ccccn1)nn2C1CCCCO1)c1cc(F)cc(F)c1.O=[N+]([O-])c1ccc2c(c1)C(I)=NC2.O=[N+]([O-])c1ccc2c(c1)C=NC2.O=[N+]([O-])c1ccc2c(c1)c(/C=C/c1ccccn1)nn2C1CCCCO1.O=[N+]([O-])c1ccc2c(c1)c(I)nn2C1CCCCO1. The van der Waals surface area contributed by atoms with Crippen molar-refractivity contribution in [3.05, 3.63) is 353 Å². The molecule has 8 aromatic carbocycles. The number of rotatable bonds is 17. The fourth-order valence-electron chi connectivity index (χ4n) is 15.9. The number of nitrogens with two attached hydrogens (primary N) is 1. The van der Waals surface area contributed by atoms with Gasteiger partial charge >= 0.3 is 0 Å². The number of aromatic nitrogens is 11. The first kappa shape index (κ1) is 99.1. The van der Waals surface area contributed by atoms with Crippen LogP contribution in [0.1, 0.15) is 185 Å². The summed E-state index contributed by atoms with van der Waals surface area (Å²) in [6.07, 6.45) is 30.3. The van der Waals surface area contributed by atoms with Crippen molar-refractivity contribution in [1.82, 2.24) is 54.1 Å². The van der Waals surface area contributed by atoms with Crippen molar-refractivity contribution in [2.24, 2.45) is 9.98 Å². The highest BCUT2D eigenvalue weighted by Crippen LogP contribution is 2.38. The van der Waals surface area contributed by atoms with E-state index in [1.54, 1.807) is 98.5 Å². The lowest BCUT2D eigenvalue weighted by molar-refractivity contribution is -0.385. The number of non-ortho nitro benzene ring substituents is 4. The fraction of sp³-hybridized carbons (Fsp3) is 0.230. The number of hydrogen-bond acceptors (Lipinski definition) is 24. The molecule has 0 spiro atoms. The van der Waals surface area contributed by atoms with Gasteiger partial charge in [-0.05, 0) is 321 Å². The molecule has 0 radical (unpaired) electrons. The van der Waals surface area contributed by atoms with Gasteiger partial charge in [-0.15, -0.1) is 0 Å². The van der Waals surface area contributed by atoms with Crippen molar-refractivity contribution in [2.45, 2.75) is 122 Å². The number of ether oxygens (including phenoxy) is 4. The van der Waals surface area contributed by atoms with E-state index < -0.39 is 33.5 Å². The molecule has 6 aliphatic heterocycles. The van der Waals surface area contributed by atoms with Crippen LogP contribution in [0.2, 0.25) is 0 Å². The van der Waals surface area contributed by atoms with Gasteiger partial charge in [-0.3, -0.25) is 75.0 Å². The number of aliphatic imine (C=N–C) groups is 2. The smallest absolute Gasteiger partial charge is 0.270 e. The van der Waals surface area contributed by atoms with Crippen molar-refractivity contribution >= 4 is 192 Å². The molecular weight excluding hydrogens is 2040 g/mol. The van der Waals surface area contributed by atoms with E-state index >= 15 is 0 Å². The lowest BCUT2D eigenvalue weighted by Gasteiger charge is -2.23. The molecule has 33 nitrogen and oxygen atoms in total. The van der Waals surface area contributed by atoms with Gasteiger partial charge in [-0.25, -0.2) is 31.9 Å². The van der Waals surface area contributed by atoms with Crippen LogP contribution in [0.25, 0.3) is 80.1 Å². The minimum Gasteiger partial charge on any atom is -0.399 e. The van der Waals surface area contributed by atoms with Crippen LogP contribution in [0.4, 0.5) is 47.3 Å². The molecule has 3 N–H and O–H groups in total. The summed E-state index contributed by atoms with van der Waals surface area (Å²) >= 11 is 9.34. The van der Waals surface area contributed by atoms with E-state index in [2.05, 4.69) is 85.6 Å². The fourth-order valence-corrected chi connectivity index (χ4v) is 17.4. The van der Waals surface area contributed by atoms with Gasteiger partial charge in [-0.1, -0.05) is 18.2 Å². The Labute approximate surface area is 824 Å². The van der Waals surface area contributed by atoms with Crippen LogP contribution >= 0.6 is 56.8 Å². The number of nitrogens with one attached hydrogen (secondary N) is 1. The minimum absolute atomic E-state index is 0.00174. The third-order valence-corrected chi connectivity index (χ3v) is 24.6. The molecule has 4 fully saturated rings. The predicted molar refractivity (Wildman–Crippen MR) is 542 cm³/mol. The van der Waals surface area contributed by atoms with Gasteiger partial charge < -0.3 is 30.0 Å². The third-order valence-electron chi connectivity index (χ3n) is 22.7. The summed E-state index contributed by atoms with van der Waals surface area (Å²) in [5, 5.41) is 67.0. The average molecular weight is 2130 g/mol. The Kier molecular flexibility index (Phi) is 33.6. The number of carbonyl (C=O) groups excluding carboxylic acids is 2. The molecule has 15 aromatic rings. The van der Waals surface area contributed by atoms with Gasteiger partial charge in [0.1, 0.15) is 24.9 Å². The molecule has 139 heavy (non-hydrogen) atoms. The standard InChI is InChI=1S/C26H22F2N4O2.C19H18N4O3.C19H20N4O.C12H12IN3O3.C8H6ClFO.C8H5IN2O2.C8H6N2O2/c27-18-13-17(14-19(28)15-18)26(33)30-21-8-10-24-22(16-21)23(9-7-20-5-1-3-11-29-20)31-32(24)25-6-2-4-12-34-25;24-23(25)15-8-10-18-16(13-15)17(9-7-14-5-1-3-11-20-14)21-22(18)19-6-2-4-12-26-19;20-14-7-10-18-16(13-14)17(9-8-15-5-1-3-11-21-15)22-23(18)19-6-2-4-12-24-19;13-12-9-7-8(16(17)18)4-5-10(9)15(14-12)11-3-1-2-6-19-11;1-5-2-6(8(9)11)4-7(10)3-5;9-8-7-3-6(11(12)13)2-1-5(7)4-10-8;11-10(12)8-2-1-6-4-9-5-7(6)3-8/h1,3,5,7-11,13-16,25H,2,4,6,12H2,(H,30,33);1,3,5,7-11,13,19H,2,4,6,12H2;1,3,5,7-11,13,19H,2,4,6,12,20H2;4-5,7,11H,1-3,6H2;2-4H,1H3;1-3H,4H2;1-3,5H,4H2/b2*9-7+;9-8+;;;;. The number of fused-ring (bicyclic) bond motifs is 6. The summed E-state index contributed by atoms with van der Waals surface area (Å²) in [5.74, 6) is -2.66. The van der Waals surface area contributed by atoms with Crippen molar-refractivity contribution in [1.29, 1.82) is 0 Å². The second-order valence-electron chi connectivity index (χ2n) is 32.4. The van der Waals surface area contributed by atoms with Crippen molar-refractivity contribution in [3.63, 3.8) is 0 Å². The van der Waals surface area contributed by atoms with Gasteiger partial charge in [0, 0.05) is 161 Å². The second kappa shape index (κ2) is 47.1. The highest BCUT2D eigenvalue weighted by atomic mass is 127. The Morgan fingerprint density at radius 3 is 1.31 bits per heavy atom. The van der Waals surface area contributed by atoms with Crippen LogP contribution in [0.5, 0.6) is 0 Å². The normalized spacial score (nSPS) is 16.4. The van der Waals surface area contributed by atoms with Crippen LogP contribution in [0.3, 0.4) is 0 Å². The Bertz CT molecular complexity index is 7150. The van der Waals surface area contributed by atoms with Crippen LogP contribution < -0.4 is 11.1 Å². The number of amides is 1. The topological polar surface area (TPSA) is 416 Å². The zero-order valence-corrected chi connectivity index (χ0v) is 79.6. The van der Waals surface area contributed by atoms with E-state index in [4.69, 9.17) is 46.5 Å². The van der Waals surface area contributed by atoms with Gasteiger partial charge in [0.05, 0.1) is 89.0 Å². The minimum atomic E-state index is -0.809. The summed E-state index contributed by atoms with van der Waals surface area (Å²) in [4.78, 5) is 85.5. The Morgan fingerprint density at radius 1 is 0.446 bits per heavy atom. The molecule has 0 bridgehead atoms. The molecule has 710 valence electrons. The van der Waals surface area contributed by atoms with E-state index in [0.717, 1.165) is 210 Å². The van der Waals surface area contributed by atoms with Gasteiger partial charge in [0.25, 0.3) is 33.9 Å². The van der Waals surface area contributed by atoms with Crippen molar-refractivity contribution < 1.29 is 61.4 Å². The number of nitro groups is 4. The van der Waals surface area contributed by atoms with Crippen molar-refractivity contribution in [2.75, 3.05) is 37.5 Å². The number of hydrogen-bond donors (Lipinski definition) is 2.